The van der Waals surface area contributed by atoms with Gasteiger partial charge in [-0.25, -0.2) is 0 Å². The lowest BCUT2D eigenvalue weighted by atomic mass is 10.1. The van der Waals surface area contributed by atoms with Gasteiger partial charge in [0.15, 0.2) is 0 Å². The lowest BCUT2D eigenvalue weighted by Crippen LogP contribution is -1.85. The third kappa shape index (κ3) is 2.82. The second-order valence-corrected chi connectivity index (χ2v) is 5.63. The van der Waals surface area contributed by atoms with Crippen LogP contribution in [-0.2, 0) is 0 Å². The minimum absolute atomic E-state index is 1.07. The second kappa shape index (κ2) is 6.47. The van der Waals surface area contributed by atoms with Crippen molar-refractivity contribution >= 4 is 34.0 Å². The van der Waals surface area contributed by atoms with E-state index in [1.807, 2.05) is 48.8 Å². The van der Waals surface area contributed by atoms with Crippen molar-refractivity contribution in [2.75, 3.05) is 0 Å². The molecule has 0 saturated carbocycles. The maximum absolute atomic E-state index is 4.24. The van der Waals surface area contributed by atoms with E-state index in [0.717, 1.165) is 11.1 Å². The summed E-state index contributed by atoms with van der Waals surface area (Å²) in [6, 6.07) is 29.0. The first-order valence-electron chi connectivity index (χ1n) is 7.94. The van der Waals surface area contributed by atoms with Gasteiger partial charge >= 0.3 is 0 Å². The fourth-order valence-electron chi connectivity index (χ4n) is 2.92. The van der Waals surface area contributed by atoms with Gasteiger partial charge in [-0.05, 0) is 21.5 Å². The summed E-state index contributed by atoms with van der Waals surface area (Å²) in [5, 5.41) is 13.3. The molecular formula is C22H16N2. The van der Waals surface area contributed by atoms with Crippen molar-refractivity contribution in [1.82, 2.24) is 0 Å². The van der Waals surface area contributed by atoms with Gasteiger partial charge < -0.3 is 0 Å². The molecule has 0 fully saturated rings. The Hall–Kier alpha value is -3.26. The van der Waals surface area contributed by atoms with E-state index in [-0.39, 0.29) is 0 Å². The molecule has 0 radical (unpaired) electrons. The summed E-state index contributed by atoms with van der Waals surface area (Å²) < 4.78 is 0. The van der Waals surface area contributed by atoms with Crippen molar-refractivity contribution in [3.8, 4) is 0 Å². The van der Waals surface area contributed by atoms with Gasteiger partial charge in [0.2, 0.25) is 0 Å². The molecular weight excluding hydrogens is 292 g/mol. The first-order chi connectivity index (χ1) is 11.9. The molecule has 0 aliphatic carbocycles. The first-order valence-corrected chi connectivity index (χ1v) is 7.94. The lowest BCUT2D eigenvalue weighted by molar-refractivity contribution is 1.27. The first kappa shape index (κ1) is 14.3. The molecule has 114 valence electrons. The summed E-state index contributed by atoms with van der Waals surface area (Å²) in [6.45, 7) is 0. The molecule has 0 saturated heterocycles. The van der Waals surface area contributed by atoms with Gasteiger partial charge in [-0.15, -0.1) is 0 Å². The Morgan fingerprint density at radius 1 is 0.458 bits per heavy atom. The zero-order valence-electron chi connectivity index (χ0n) is 13.1. The quantitative estimate of drug-likeness (QED) is 0.355. The zero-order chi connectivity index (χ0) is 16.2. The maximum Gasteiger partial charge on any atom is 0.0574 e. The van der Waals surface area contributed by atoms with E-state index in [9.17, 15) is 0 Å². The van der Waals surface area contributed by atoms with E-state index >= 15 is 0 Å². The molecule has 0 unspecified atom stereocenters. The summed E-state index contributed by atoms with van der Waals surface area (Å²) in [6.07, 6.45) is 3.62. The van der Waals surface area contributed by atoms with Crippen molar-refractivity contribution in [3.05, 3.63) is 96.1 Å². The minimum atomic E-state index is 1.07. The third-order valence-corrected chi connectivity index (χ3v) is 4.11. The Morgan fingerprint density at radius 3 is 1.38 bits per heavy atom. The van der Waals surface area contributed by atoms with E-state index in [1.165, 1.54) is 21.5 Å². The van der Waals surface area contributed by atoms with E-state index in [0.29, 0.717) is 0 Å². The fourth-order valence-corrected chi connectivity index (χ4v) is 2.92. The SMILES string of the molecule is C(=NN=Cc1cccc2ccccc12)c1cccc2ccccc12. The molecule has 2 nitrogen and oxygen atoms in total. The fraction of sp³-hybridized carbons (Fsp3) is 0. The van der Waals surface area contributed by atoms with Crippen molar-refractivity contribution in [2.45, 2.75) is 0 Å². The van der Waals surface area contributed by atoms with Crippen LogP contribution in [0.2, 0.25) is 0 Å². The normalized spacial score (nSPS) is 11.8. The highest BCUT2D eigenvalue weighted by atomic mass is 15.2. The predicted octanol–water partition coefficient (Wildman–Crippen LogP) is 5.45. The van der Waals surface area contributed by atoms with E-state index in [2.05, 4.69) is 58.7 Å². The topological polar surface area (TPSA) is 24.7 Å². The number of hydrogen-bond donors (Lipinski definition) is 0. The van der Waals surface area contributed by atoms with Gasteiger partial charge in [0, 0.05) is 11.1 Å². The molecule has 4 aromatic rings. The van der Waals surface area contributed by atoms with Crippen LogP contribution in [-0.4, -0.2) is 12.4 Å². The van der Waals surface area contributed by atoms with Crippen molar-refractivity contribution in [2.24, 2.45) is 10.2 Å². The van der Waals surface area contributed by atoms with Gasteiger partial charge in [0.1, 0.15) is 0 Å². The molecule has 0 aliphatic heterocycles. The van der Waals surface area contributed by atoms with Crippen molar-refractivity contribution in [1.29, 1.82) is 0 Å². The predicted molar refractivity (Wildman–Crippen MR) is 103 cm³/mol. The summed E-state index contributed by atoms with van der Waals surface area (Å²) in [5.74, 6) is 0. The second-order valence-electron chi connectivity index (χ2n) is 5.63. The Morgan fingerprint density at radius 2 is 0.875 bits per heavy atom. The molecule has 0 atom stereocenters. The molecule has 2 heteroatoms. The van der Waals surface area contributed by atoms with Crippen LogP contribution in [0.5, 0.6) is 0 Å². The van der Waals surface area contributed by atoms with Gasteiger partial charge in [-0.3, -0.25) is 0 Å². The van der Waals surface area contributed by atoms with Gasteiger partial charge in [0.05, 0.1) is 12.4 Å². The van der Waals surface area contributed by atoms with Crippen LogP contribution in [0.3, 0.4) is 0 Å². The summed E-state index contributed by atoms with van der Waals surface area (Å²) >= 11 is 0. The molecule has 0 heterocycles. The molecule has 0 aromatic heterocycles. The third-order valence-electron chi connectivity index (χ3n) is 4.11. The smallest absolute Gasteiger partial charge is 0.0574 e. The van der Waals surface area contributed by atoms with Crippen molar-refractivity contribution < 1.29 is 0 Å². The van der Waals surface area contributed by atoms with Gasteiger partial charge in [-0.2, -0.15) is 10.2 Å². The highest BCUT2D eigenvalue weighted by molar-refractivity contribution is 6.01. The number of benzene rings is 4. The molecule has 0 spiro atoms. The average molecular weight is 308 g/mol. The average Bonchev–Trinajstić information content (AvgIpc) is 2.65. The summed E-state index contributed by atoms with van der Waals surface area (Å²) in [5.41, 5.74) is 2.14. The van der Waals surface area contributed by atoms with Crippen LogP contribution in [0, 0.1) is 0 Å². The standard InChI is InChI=1S/C22H16N2/c1-3-13-21-17(7-1)9-5-11-19(21)15-23-24-16-20-12-6-10-18-8-2-4-14-22(18)20/h1-16H. The molecule has 0 aliphatic rings. The van der Waals surface area contributed by atoms with Crippen LogP contribution in [0.1, 0.15) is 11.1 Å². The van der Waals surface area contributed by atoms with Crippen LogP contribution < -0.4 is 0 Å². The lowest BCUT2D eigenvalue weighted by Gasteiger charge is -2.01. The Bertz CT molecular complexity index is 964. The number of fused-ring (bicyclic) bond motifs is 2. The number of rotatable bonds is 3. The zero-order valence-corrected chi connectivity index (χ0v) is 13.1. The van der Waals surface area contributed by atoms with E-state index in [1.54, 1.807) is 0 Å². The van der Waals surface area contributed by atoms with E-state index < -0.39 is 0 Å². The monoisotopic (exact) mass is 308 g/mol. The van der Waals surface area contributed by atoms with Crippen LogP contribution in [0.25, 0.3) is 21.5 Å². The van der Waals surface area contributed by atoms with Crippen molar-refractivity contribution in [3.63, 3.8) is 0 Å². The highest BCUT2D eigenvalue weighted by Crippen LogP contribution is 2.18. The number of hydrogen-bond acceptors (Lipinski definition) is 2. The molecule has 24 heavy (non-hydrogen) atoms. The molecule has 0 amide bonds. The van der Waals surface area contributed by atoms with Gasteiger partial charge in [-0.1, -0.05) is 84.9 Å². The maximum atomic E-state index is 4.24. The summed E-state index contributed by atoms with van der Waals surface area (Å²) in [4.78, 5) is 0. The minimum Gasteiger partial charge on any atom is -0.158 e. The summed E-state index contributed by atoms with van der Waals surface area (Å²) in [7, 11) is 0. The van der Waals surface area contributed by atoms with E-state index in [4.69, 9.17) is 0 Å². The van der Waals surface area contributed by atoms with Crippen LogP contribution >= 0.6 is 0 Å². The highest BCUT2D eigenvalue weighted by Gasteiger charge is 1.97. The Kier molecular flexibility index (Phi) is 3.86. The molecule has 4 aromatic carbocycles. The molecule has 0 N–H and O–H groups in total. The molecule has 4 rings (SSSR count). The van der Waals surface area contributed by atoms with Crippen LogP contribution in [0.4, 0.5) is 0 Å². The number of nitrogens with zero attached hydrogens (tertiary/aromatic N) is 2. The van der Waals surface area contributed by atoms with Gasteiger partial charge in [0.25, 0.3) is 0 Å². The Labute approximate surface area is 140 Å². The largest absolute Gasteiger partial charge is 0.158 e. The Balaban J connectivity index is 1.64. The molecule has 0 bridgehead atoms. The van der Waals surface area contributed by atoms with Crippen LogP contribution in [0.15, 0.2) is 95.1 Å².